The number of ether oxygens (including phenoxy) is 1. The third-order valence-corrected chi connectivity index (χ3v) is 3.35. The summed E-state index contributed by atoms with van der Waals surface area (Å²) >= 11 is 0. The van der Waals surface area contributed by atoms with E-state index in [1.165, 1.54) is 0 Å². The van der Waals surface area contributed by atoms with Crippen LogP contribution in [0, 0.1) is 0 Å². The van der Waals surface area contributed by atoms with Crippen LogP contribution in [0.5, 0.6) is 0 Å². The smallest absolute Gasteiger partial charge is 0.311 e. The van der Waals surface area contributed by atoms with Gasteiger partial charge in [-0.25, -0.2) is 0 Å². The molecule has 0 aliphatic carbocycles. The highest BCUT2D eigenvalue weighted by atomic mass is 16.5. The lowest BCUT2D eigenvalue weighted by Crippen LogP contribution is -2.14. The van der Waals surface area contributed by atoms with Gasteiger partial charge in [0, 0.05) is 19.2 Å². The Bertz CT molecular complexity index is 629. The van der Waals surface area contributed by atoms with Gasteiger partial charge >= 0.3 is 5.97 Å². The van der Waals surface area contributed by atoms with Crippen molar-refractivity contribution in [2.75, 3.05) is 6.61 Å². The Balaban J connectivity index is 2.09. The van der Waals surface area contributed by atoms with Gasteiger partial charge in [-0.2, -0.15) is 0 Å². The Labute approximate surface area is 124 Å². The quantitative estimate of drug-likeness (QED) is 0.605. The first-order valence-corrected chi connectivity index (χ1v) is 6.99. The van der Waals surface area contributed by atoms with Gasteiger partial charge in [0.2, 0.25) is 0 Å². The first kappa shape index (κ1) is 15.0. The summed E-state index contributed by atoms with van der Waals surface area (Å²) in [6, 6.07) is 13.2. The summed E-state index contributed by atoms with van der Waals surface area (Å²) in [7, 11) is 1.80. The molecule has 21 heavy (non-hydrogen) atoms. The zero-order valence-electron chi connectivity index (χ0n) is 12.3. The summed E-state index contributed by atoms with van der Waals surface area (Å²) in [6.07, 6.45) is 0.542. The number of carbonyl (C=O) groups excluding carboxylic acids is 2. The van der Waals surface area contributed by atoms with Crippen LogP contribution in [0.2, 0.25) is 0 Å². The summed E-state index contributed by atoms with van der Waals surface area (Å²) in [5.74, 6) is -0.237. The molecule has 110 valence electrons. The second-order valence-electron chi connectivity index (χ2n) is 4.84. The van der Waals surface area contributed by atoms with Crippen molar-refractivity contribution < 1.29 is 14.3 Å². The standard InChI is InChI=1S/C17H19NO3/c1-3-21-17(20)12-14-9-10-15(18(14)2)16(19)11-13-7-5-4-6-8-13/h4-10H,3,11-12H2,1-2H3. The van der Waals surface area contributed by atoms with Crippen molar-refractivity contribution in [2.24, 2.45) is 7.05 Å². The Morgan fingerprint density at radius 2 is 1.76 bits per heavy atom. The van der Waals surface area contributed by atoms with E-state index >= 15 is 0 Å². The number of rotatable bonds is 6. The number of hydrogen-bond acceptors (Lipinski definition) is 3. The van der Waals surface area contributed by atoms with Crippen LogP contribution >= 0.6 is 0 Å². The molecule has 0 aliphatic rings. The molecule has 2 rings (SSSR count). The third kappa shape index (κ3) is 3.81. The summed E-state index contributed by atoms with van der Waals surface area (Å²) in [6.45, 7) is 2.14. The summed E-state index contributed by atoms with van der Waals surface area (Å²) in [4.78, 5) is 23.8. The van der Waals surface area contributed by atoms with E-state index in [1.807, 2.05) is 30.3 Å². The average molecular weight is 285 g/mol. The molecule has 0 unspecified atom stereocenters. The monoisotopic (exact) mass is 285 g/mol. The van der Waals surface area contributed by atoms with Gasteiger partial charge in [-0.05, 0) is 24.6 Å². The van der Waals surface area contributed by atoms with Crippen molar-refractivity contribution in [1.29, 1.82) is 0 Å². The van der Waals surface area contributed by atoms with Gasteiger partial charge < -0.3 is 9.30 Å². The fraction of sp³-hybridized carbons (Fsp3) is 0.294. The summed E-state index contributed by atoms with van der Waals surface area (Å²) in [5, 5.41) is 0. The molecule has 2 aromatic rings. The molecule has 0 saturated heterocycles. The second-order valence-corrected chi connectivity index (χ2v) is 4.84. The molecule has 0 atom stereocenters. The maximum Gasteiger partial charge on any atom is 0.311 e. The molecule has 0 aliphatic heterocycles. The van der Waals surface area contributed by atoms with Crippen LogP contribution in [0.15, 0.2) is 42.5 Å². The highest BCUT2D eigenvalue weighted by Crippen LogP contribution is 2.12. The zero-order chi connectivity index (χ0) is 15.2. The van der Waals surface area contributed by atoms with Crippen molar-refractivity contribution in [3.63, 3.8) is 0 Å². The molecule has 0 saturated carbocycles. The average Bonchev–Trinajstić information content (AvgIpc) is 2.81. The summed E-state index contributed by atoms with van der Waals surface area (Å²) in [5.41, 5.74) is 2.37. The van der Waals surface area contributed by atoms with Gasteiger partial charge in [-0.3, -0.25) is 9.59 Å². The van der Waals surface area contributed by atoms with Gasteiger partial charge in [0.1, 0.15) is 0 Å². The van der Waals surface area contributed by atoms with Crippen LogP contribution in [0.25, 0.3) is 0 Å². The molecule has 4 nitrogen and oxygen atoms in total. The minimum absolute atomic E-state index is 0.0406. The van der Waals surface area contributed by atoms with E-state index < -0.39 is 0 Å². The van der Waals surface area contributed by atoms with E-state index in [4.69, 9.17) is 4.74 Å². The van der Waals surface area contributed by atoms with E-state index in [2.05, 4.69) is 0 Å². The molecule has 0 N–H and O–H groups in total. The lowest BCUT2D eigenvalue weighted by Gasteiger charge is -2.07. The first-order valence-electron chi connectivity index (χ1n) is 6.99. The number of Topliss-reactive ketones (excluding diaryl/α,β-unsaturated/α-hetero) is 1. The van der Waals surface area contributed by atoms with Crippen LogP contribution in [-0.4, -0.2) is 22.9 Å². The van der Waals surface area contributed by atoms with E-state index in [9.17, 15) is 9.59 Å². The molecule has 0 spiro atoms. The highest BCUT2D eigenvalue weighted by molar-refractivity contribution is 5.96. The predicted molar refractivity (Wildman–Crippen MR) is 80.2 cm³/mol. The largest absolute Gasteiger partial charge is 0.466 e. The van der Waals surface area contributed by atoms with Gasteiger partial charge in [0.25, 0.3) is 0 Å². The first-order chi connectivity index (χ1) is 10.1. The maximum atomic E-state index is 12.3. The summed E-state index contributed by atoms with van der Waals surface area (Å²) < 4.78 is 6.70. The van der Waals surface area contributed by atoms with Gasteiger partial charge in [0.15, 0.2) is 5.78 Å². The number of hydrogen-bond donors (Lipinski definition) is 0. The van der Waals surface area contributed by atoms with Crippen molar-refractivity contribution >= 4 is 11.8 Å². The molecule has 4 heteroatoms. The van der Waals surface area contributed by atoms with Crippen LogP contribution in [0.1, 0.15) is 28.7 Å². The fourth-order valence-electron chi connectivity index (χ4n) is 2.24. The minimum atomic E-state index is -0.277. The van der Waals surface area contributed by atoms with Crippen molar-refractivity contribution in [3.8, 4) is 0 Å². The second kappa shape index (κ2) is 6.88. The normalized spacial score (nSPS) is 10.4. The SMILES string of the molecule is CCOC(=O)Cc1ccc(C(=O)Cc2ccccc2)n1C. The lowest BCUT2D eigenvalue weighted by atomic mass is 10.1. The van der Waals surface area contributed by atoms with Gasteiger partial charge in [-0.15, -0.1) is 0 Å². The molecule has 0 radical (unpaired) electrons. The molecule has 0 fully saturated rings. The van der Waals surface area contributed by atoms with E-state index in [-0.39, 0.29) is 18.2 Å². The Hall–Kier alpha value is -2.36. The number of nitrogens with zero attached hydrogens (tertiary/aromatic N) is 1. The van der Waals surface area contributed by atoms with E-state index in [0.29, 0.717) is 18.7 Å². The Morgan fingerprint density at radius 3 is 2.43 bits per heavy atom. The van der Waals surface area contributed by atoms with E-state index in [1.54, 1.807) is 30.7 Å². The lowest BCUT2D eigenvalue weighted by molar-refractivity contribution is -0.142. The molecule has 1 aromatic carbocycles. The van der Waals surface area contributed by atoms with Gasteiger partial charge in [-0.1, -0.05) is 30.3 Å². The van der Waals surface area contributed by atoms with Crippen LogP contribution in [0.3, 0.4) is 0 Å². The number of benzene rings is 1. The number of aromatic nitrogens is 1. The molecule has 1 aromatic heterocycles. The maximum absolute atomic E-state index is 12.3. The van der Waals surface area contributed by atoms with Crippen molar-refractivity contribution in [3.05, 3.63) is 59.4 Å². The predicted octanol–water partition coefficient (Wildman–Crippen LogP) is 2.56. The highest BCUT2D eigenvalue weighted by Gasteiger charge is 2.15. The topological polar surface area (TPSA) is 48.3 Å². The Morgan fingerprint density at radius 1 is 1.05 bits per heavy atom. The zero-order valence-corrected chi connectivity index (χ0v) is 12.3. The Kier molecular flexibility index (Phi) is 4.93. The molecular formula is C17H19NO3. The molecular weight excluding hydrogens is 266 g/mol. The fourth-order valence-corrected chi connectivity index (χ4v) is 2.24. The van der Waals surface area contributed by atoms with Crippen LogP contribution in [0.4, 0.5) is 0 Å². The minimum Gasteiger partial charge on any atom is -0.466 e. The number of esters is 1. The number of ketones is 1. The molecule has 0 bridgehead atoms. The van der Waals surface area contributed by atoms with Crippen molar-refractivity contribution in [2.45, 2.75) is 19.8 Å². The van der Waals surface area contributed by atoms with Crippen LogP contribution < -0.4 is 0 Å². The van der Waals surface area contributed by atoms with Gasteiger partial charge in [0.05, 0.1) is 18.7 Å². The number of carbonyl (C=O) groups is 2. The molecule has 1 heterocycles. The molecule has 0 amide bonds. The van der Waals surface area contributed by atoms with Crippen molar-refractivity contribution in [1.82, 2.24) is 4.57 Å². The third-order valence-electron chi connectivity index (χ3n) is 3.35. The van der Waals surface area contributed by atoms with Crippen LogP contribution in [-0.2, 0) is 29.4 Å². The van der Waals surface area contributed by atoms with E-state index in [0.717, 1.165) is 11.3 Å².